The van der Waals surface area contributed by atoms with Gasteiger partial charge in [0.2, 0.25) is 0 Å². The van der Waals surface area contributed by atoms with E-state index in [-0.39, 0.29) is 57.1 Å². The van der Waals surface area contributed by atoms with Crippen molar-refractivity contribution in [2.75, 3.05) is 0 Å². The molecule has 0 saturated heterocycles. The van der Waals surface area contributed by atoms with E-state index in [1.165, 1.54) is 5.57 Å². The van der Waals surface area contributed by atoms with E-state index in [1.807, 2.05) is 30.3 Å². The van der Waals surface area contributed by atoms with Gasteiger partial charge in [0, 0.05) is 25.2 Å². The molecule has 4 saturated carbocycles. The summed E-state index contributed by atoms with van der Waals surface area (Å²) in [5, 5.41) is 0. The molecule has 5 aliphatic carbocycles. The zero-order valence-electron chi connectivity index (χ0n) is 28.0. The average molecular weight is 587 g/mol. The van der Waals surface area contributed by atoms with Gasteiger partial charge in [-0.3, -0.25) is 14.4 Å². The van der Waals surface area contributed by atoms with Gasteiger partial charge in [0.05, 0.1) is 5.41 Å². The molecule has 43 heavy (non-hydrogen) atoms. The van der Waals surface area contributed by atoms with Crippen molar-refractivity contribution >= 4 is 17.5 Å². The maximum Gasteiger partial charge on any atom is 0.302 e. The summed E-state index contributed by atoms with van der Waals surface area (Å²) in [6, 6.07) is 10.1. The van der Waals surface area contributed by atoms with Gasteiger partial charge in [-0.05, 0) is 108 Å². The van der Waals surface area contributed by atoms with Gasteiger partial charge in [0.15, 0.2) is 5.78 Å². The first-order chi connectivity index (χ1) is 20.1. The van der Waals surface area contributed by atoms with E-state index in [0.717, 1.165) is 62.5 Å². The molecule has 4 nitrogen and oxygen atoms in total. The highest BCUT2D eigenvalue weighted by atomic mass is 16.5. The first-order valence-electron chi connectivity index (χ1n) is 17.1. The Morgan fingerprint density at radius 2 is 1.56 bits per heavy atom. The number of hydrogen-bond acceptors (Lipinski definition) is 4. The van der Waals surface area contributed by atoms with Crippen LogP contribution in [0.3, 0.4) is 0 Å². The van der Waals surface area contributed by atoms with Crippen molar-refractivity contribution in [1.82, 2.24) is 0 Å². The molecule has 0 heterocycles. The predicted molar refractivity (Wildman–Crippen MR) is 170 cm³/mol. The quantitative estimate of drug-likeness (QED) is 0.324. The van der Waals surface area contributed by atoms with E-state index in [0.29, 0.717) is 24.7 Å². The lowest BCUT2D eigenvalue weighted by Crippen LogP contribution is -2.66. The molecule has 6 rings (SSSR count). The number of carbonyl (C=O) groups is 3. The van der Waals surface area contributed by atoms with Crippen molar-refractivity contribution in [2.24, 2.45) is 50.7 Å². The van der Waals surface area contributed by atoms with E-state index < -0.39 is 5.41 Å². The fraction of sp³-hybridized carbons (Fsp3) is 0.718. The van der Waals surface area contributed by atoms with E-state index in [1.54, 1.807) is 6.92 Å². The summed E-state index contributed by atoms with van der Waals surface area (Å²) in [7, 11) is 0. The maximum atomic E-state index is 14.4. The Kier molecular flexibility index (Phi) is 7.26. The lowest BCUT2D eigenvalue weighted by atomic mass is 9.33. The molecular formula is C39H54O4. The highest BCUT2D eigenvalue weighted by Crippen LogP contribution is 2.76. The molecule has 0 aliphatic heterocycles. The Labute approximate surface area is 259 Å². The van der Waals surface area contributed by atoms with Crippen molar-refractivity contribution < 1.29 is 19.1 Å². The number of hydrogen-bond donors (Lipinski definition) is 0. The number of benzene rings is 1. The summed E-state index contributed by atoms with van der Waals surface area (Å²) in [6.45, 7) is 18.2. The molecule has 0 bridgehead atoms. The summed E-state index contributed by atoms with van der Waals surface area (Å²) in [5.74, 6) is 1.81. The largest absolute Gasteiger partial charge is 0.462 e. The van der Waals surface area contributed by atoms with E-state index >= 15 is 0 Å². The van der Waals surface area contributed by atoms with Crippen molar-refractivity contribution in [2.45, 2.75) is 126 Å². The van der Waals surface area contributed by atoms with Crippen LogP contribution < -0.4 is 0 Å². The Balaban J connectivity index is 1.39. The Morgan fingerprint density at radius 1 is 0.860 bits per heavy atom. The molecule has 0 amide bonds. The third-order valence-electron chi connectivity index (χ3n) is 14.4. The number of ether oxygens (including phenoxy) is 1. The SMILES string of the molecule is CC(=O)O[C@H]1CC[C@]2(C)[C@H]3CC[C@@H]4C5=C(C(C)C)C(=O)C[C@]5(C(=O)Cc5ccccc5)CC[C@@]4(C)[C@]3(C)CC[C@H]2C1(C)C. The Bertz CT molecular complexity index is 1350. The fourth-order valence-electron chi connectivity index (χ4n) is 12.3. The third kappa shape index (κ3) is 4.23. The van der Waals surface area contributed by atoms with Gasteiger partial charge in [0.25, 0.3) is 0 Å². The number of carbonyl (C=O) groups excluding carboxylic acids is 3. The molecule has 1 aromatic carbocycles. The van der Waals surface area contributed by atoms with Crippen LogP contribution in [0.15, 0.2) is 41.5 Å². The second-order valence-corrected chi connectivity index (χ2v) is 16.8. The monoisotopic (exact) mass is 586 g/mol. The molecule has 0 spiro atoms. The number of rotatable bonds is 5. The molecule has 8 atom stereocenters. The van der Waals surface area contributed by atoms with Crippen LogP contribution in [-0.4, -0.2) is 23.6 Å². The first kappa shape index (κ1) is 30.8. The lowest BCUT2D eigenvalue weighted by molar-refractivity contribution is -0.232. The number of allylic oxidation sites excluding steroid dienone is 2. The summed E-state index contributed by atoms with van der Waals surface area (Å²) in [5.41, 5.74) is 2.95. The normalized spacial score (nSPS) is 41.7. The van der Waals surface area contributed by atoms with Crippen LogP contribution in [0.2, 0.25) is 0 Å². The van der Waals surface area contributed by atoms with Gasteiger partial charge in [-0.25, -0.2) is 0 Å². The highest BCUT2D eigenvalue weighted by Gasteiger charge is 2.70. The first-order valence-corrected chi connectivity index (χ1v) is 17.1. The molecule has 1 aromatic rings. The topological polar surface area (TPSA) is 60.4 Å². The second-order valence-electron chi connectivity index (χ2n) is 16.8. The molecule has 5 aliphatic rings. The Morgan fingerprint density at radius 3 is 2.21 bits per heavy atom. The van der Waals surface area contributed by atoms with Gasteiger partial charge in [0.1, 0.15) is 11.9 Å². The summed E-state index contributed by atoms with van der Waals surface area (Å²) in [6.07, 6.45) is 9.10. The Hall–Kier alpha value is -2.23. The van der Waals surface area contributed by atoms with Crippen molar-refractivity contribution in [3.05, 3.63) is 47.0 Å². The smallest absolute Gasteiger partial charge is 0.302 e. The highest BCUT2D eigenvalue weighted by molar-refractivity contribution is 6.07. The number of esters is 1. The van der Waals surface area contributed by atoms with Gasteiger partial charge in [-0.2, -0.15) is 0 Å². The molecule has 234 valence electrons. The molecule has 0 aromatic heterocycles. The number of Topliss-reactive ketones (excluding diaryl/α,β-unsaturated/α-hetero) is 2. The van der Waals surface area contributed by atoms with Crippen molar-refractivity contribution in [3.8, 4) is 0 Å². The average Bonchev–Trinajstić information content (AvgIpc) is 3.24. The van der Waals surface area contributed by atoms with Crippen LogP contribution in [0, 0.1) is 50.7 Å². The molecule has 4 fully saturated rings. The van der Waals surface area contributed by atoms with Gasteiger partial charge in [-0.1, -0.05) is 78.8 Å². The fourth-order valence-corrected chi connectivity index (χ4v) is 12.3. The third-order valence-corrected chi connectivity index (χ3v) is 14.4. The van der Waals surface area contributed by atoms with Gasteiger partial charge >= 0.3 is 5.97 Å². The number of fused-ring (bicyclic) bond motifs is 7. The van der Waals surface area contributed by atoms with Crippen LogP contribution in [0.5, 0.6) is 0 Å². The predicted octanol–water partition coefficient (Wildman–Crippen LogP) is 8.71. The van der Waals surface area contributed by atoms with E-state index in [4.69, 9.17) is 4.74 Å². The zero-order valence-corrected chi connectivity index (χ0v) is 28.0. The van der Waals surface area contributed by atoms with E-state index in [9.17, 15) is 14.4 Å². The van der Waals surface area contributed by atoms with Crippen LogP contribution in [0.1, 0.15) is 119 Å². The molecule has 4 heteroatoms. The molecule has 0 N–H and O–H groups in total. The van der Waals surface area contributed by atoms with Crippen LogP contribution >= 0.6 is 0 Å². The molecular weight excluding hydrogens is 532 g/mol. The molecule has 0 unspecified atom stereocenters. The van der Waals surface area contributed by atoms with E-state index in [2.05, 4.69) is 48.5 Å². The number of ketones is 2. The standard InChI is InChI=1S/C39H54O4/c1-24(2)33-28(41)23-39(31(42)22-26-12-10-9-11-13-26)21-20-37(7)27(34(33)39)14-15-30-36(6)18-17-32(43-25(3)40)35(4,5)29(36)16-19-38(30,37)8/h9-13,24,27,29-30,32H,14-23H2,1-8H3/t27-,29+,30-,32+,36+,37-,38-,39+/m1/s1. The molecule has 0 radical (unpaired) electrons. The summed E-state index contributed by atoms with van der Waals surface area (Å²) < 4.78 is 5.93. The lowest BCUT2D eigenvalue weighted by Gasteiger charge is -2.72. The summed E-state index contributed by atoms with van der Waals surface area (Å²) in [4.78, 5) is 40.3. The maximum absolute atomic E-state index is 14.4. The minimum atomic E-state index is -0.634. The second kappa shape index (κ2) is 10.1. The zero-order chi connectivity index (χ0) is 31.2. The van der Waals surface area contributed by atoms with Crippen LogP contribution in [-0.2, 0) is 25.5 Å². The minimum absolute atomic E-state index is 0.0199. The van der Waals surface area contributed by atoms with Crippen molar-refractivity contribution in [3.63, 3.8) is 0 Å². The minimum Gasteiger partial charge on any atom is -0.462 e. The van der Waals surface area contributed by atoms with Gasteiger partial charge < -0.3 is 4.74 Å². The van der Waals surface area contributed by atoms with Gasteiger partial charge in [-0.15, -0.1) is 0 Å². The van der Waals surface area contributed by atoms with Crippen LogP contribution in [0.25, 0.3) is 0 Å². The van der Waals surface area contributed by atoms with Crippen LogP contribution in [0.4, 0.5) is 0 Å². The van der Waals surface area contributed by atoms with Crippen molar-refractivity contribution in [1.29, 1.82) is 0 Å². The summed E-state index contributed by atoms with van der Waals surface area (Å²) >= 11 is 0.